The number of carbonyl (C=O) groups is 1. The third-order valence-electron chi connectivity index (χ3n) is 5.23. The van der Waals surface area contributed by atoms with Gasteiger partial charge in [0.1, 0.15) is 0 Å². The number of amides is 1. The predicted molar refractivity (Wildman–Crippen MR) is 92.4 cm³/mol. The van der Waals surface area contributed by atoms with Crippen molar-refractivity contribution in [2.45, 2.75) is 77.5 Å². The molecule has 0 aliphatic carbocycles. The van der Waals surface area contributed by atoms with Crippen molar-refractivity contribution in [2.24, 2.45) is 11.8 Å². The van der Waals surface area contributed by atoms with Crippen molar-refractivity contribution in [3.63, 3.8) is 0 Å². The summed E-state index contributed by atoms with van der Waals surface area (Å²) in [4.78, 5) is 12.4. The van der Waals surface area contributed by atoms with Gasteiger partial charge in [0.2, 0.25) is 5.91 Å². The SMILES string of the molecule is CCC(CC)C1CC(NC(=O)[C@H]2CCN[C@@H](C)C2)CCO1.Cl. The number of rotatable bonds is 5. The van der Waals surface area contributed by atoms with Gasteiger partial charge in [0.25, 0.3) is 0 Å². The number of hydrogen-bond donors (Lipinski definition) is 2. The molecule has 2 aliphatic heterocycles. The lowest BCUT2D eigenvalue weighted by molar-refractivity contribution is -0.128. The molecule has 5 heteroatoms. The fourth-order valence-electron chi connectivity index (χ4n) is 3.79. The van der Waals surface area contributed by atoms with Crippen molar-refractivity contribution < 1.29 is 9.53 Å². The molecule has 0 bridgehead atoms. The molecular weight excluding hydrogens is 300 g/mol. The van der Waals surface area contributed by atoms with E-state index in [1.54, 1.807) is 0 Å². The molecule has 0 aromatic heterocycles. The molecule has 2 aliphatic rings. The minimum Gasteiger partial charge on any atom is -0.378 e. The molecule has 4 atom stereocenters. The van der Waals surface area contributed by atoms with Crippen molar-refractivity contribution in [1.29, 1.82) is 0 Å². The highest BCUT2D eigenvalue weighted by atomic mass is 35.5. The average Bonchev–Trinajstić information content (AvgIpc) is 2.49. The van der Waals surface area contributed by atoms with E-state index in [1.807, 2.05) is 0 Å². The summed E-state index contributed by atoms with van der Waals surface area (Å²) in [6.45, 7) is 8.38. The zero-order chi connectivity index (χ0) is 15.2. The van der Waals surface area contributed by atoms with Crippen LogP contribution in [-0.4, -0.2) is 37.2 Å². The molecule has 0 saturated carbocycles. The van der Waals surface area contributed by atoms with E-state index < -0.39 is 0 Å². The van der Waals surface area contributed by atoms with Crippen molar-refractivity contribution in [1.82, 2.24) is 10.6 Å². The maximum atomic E-state index is 12.4. The van der Waals surface area contributed by atoms with Gasteiger partial charge in [0, 0.05) is 24.6 Å². The first-order chi connectivity index (χ1) is 10.1. The van der Waals surface area contributed by atoms with Gasteiger partial charge in [-0.25, -0.2) is 0 Å². The highest BCUT2D eigenvalue weighted by molar-refractivity contribution is 5.85. The van der Waals surface area contributed by atoms with Gasteiger partial charge < -0.3 is 15.4 Å². The zero-order valence-corrected chi connectivity index (χ0v) is 15.1. The topological polar surface area (TPSA) is 50.4 Å². The summed E-state index contributed by atoms with van der Waals surface area (Å²) in [5.74, 6) is 1.08. The van der Waals surface area contributed by atoms with Gasteiger partial charge in [0.15, 0.2) is 0 Å². The second kappa shape index (κ2) is 9.74. The molecule has 130 valence electrons. The van der Waals surface area contributed by atoms with Crippen LogP contribution in [0.3, 0.4) is 0 Å². The predicted octanol–water partition coefficient (Wildman–Crippen LogP) is 2.90. The van der Waals surface area contributed by atoms with Gasteiger partial charge in [-0.05, 0) is 45.1 Å². The van der Waals surface area contributed by atoms with Crippen molar-refractivity contribution >= 4 is 18.3 Å². The zero-order valence-electron chi connectivity index (χ0n) is 14.3. The maximum Gasteiger partial charge on any atom is 0.223 e. The van der Waals surface area contributed by atoms with Crippen LogP contribution in [0.25, 0.3) is 0 Å². The number of ether oxygens (including phenoxy) is 1. The van der Waals surface area contributed by atoms with Crippen molar-refractivity contribution in [3.05, 3.63) is 0 Å². The van der Waals surface area contributed by atoms with Crippen LogP contribution in [0, 0.1) is 11.8 Å². The Kier molecular flexibility index (Phi) is 8.73. The van der Waals surface area contributed by atoms with Crippen LogP contribution in [-0.2, 0) is 9.53 Å². The first kappa shape index (κ1) is 19.7. The highest BCUT2D eigenvalue weighted by Crippen LogP contribution is 2.26. The largest absolute Gasteiger partial charge is 0.378 e. The molecule has 2 saturated heterocycles. The Balaban J connectivity index is 0.00000242. The summed E-state index contributed by atoms with van der Waals surface area (Å²) < 4.78 is 5.93. The summed E-state index contributed by atoms with van der Waals surface area (Å²) in [7, 11) is 0. The number of piperidine rings is 1. The van der Waals surface area contributed by atoms with Gasteiger partial charge in [0.05, 0.1) is 6.10 Å². The summed E-state index contributed by atoms with van der Waals surface area (Å²) in [5, 5.41) is 6.70. The van der Waals surface area contributed by atoms with E-state index in [2.05, 4.69) is 31.4 Å². The summed E-state index contributed by atoms with van der Waals surface area (Å²) in [5.41, 5.74) is 0. The standard InChI is InChI=1S/C17H32N2O2.ClH/c1-4-13(5-2)16-11-15(7-9-21-16)19-17(20)14-6-8-18-12(3)10-14;/h12-16,18H,4-11H2,1-3H3,(H,19,20);1H/t12-,14-,15?,16?;/m0./s1. The van der Waals surface area contributed by atoms with Crippen LogP contribution in [0.4, 0.5) is 0 Å². The molecule has 2 unspecified atom stereocenters. The monoisotopic (exact) mass is 332 g/mol. The maximum absolute atomic E-state index is 12.4. The Morgan fingerprint density at radius 1 is 1.27 bits per heavy atom. The van der Waals surface area contributed by atoms with Crippen LogP contribution in [0.15, 0.2) is 0 Å². The summed E-state index contributed by atoms with van der Waals surface area (Å²) >= 11 is 0. The molecule has 0 radical (unpaired) electrons. The minimum absolute atomic E-state index is 0. The van der Waals surface area contributed by atoms with E-state index in [1.165, 1.54) is 0 Å². The minimum atomic E-state index is 0. The lowest BCUT2D eigenvalue weighted by Gasteiger charge is -2.35. The smallest absolute Gasteiger partial charge is 0.223 e. The Morgan fingerprint density at radius 2 is 2.00 bits per heavy atom. The Morgan fingerprint density at radius 3 is 2.64 bits per heavy atom. The number of nitrogens with one attached hydrogen (secondary N) is 2. The van der Waals surface area contributed by atoms with E-state index in [0.717, 1.165) is 51.7 Å². The first-order valence-corrected chi connectivity index (χ1v) is 8.79. The lowest BCUT2D eigenvalue weighted by Crippen LogP contribution is -2.48. The normalized spacial score (nSPS) is 32.4. The van der Waals surface area contributed by atoms with Gasteiger partial charge in [-0.3, -0.25) is 4.79 Å². The second-order valence-corrected chi connectivity index (χ2v) is 6.79. The quantitative estimate of drug-likeness (QED) is 0.814. The molecule has 2 fully saturated rings. The van der Waals surface area contributed by atoms with Crippen LogP contribution in [0.2, 0.25) is 0 Å². The van der Waals surface area contributed by atoms with E-state index in [9.17, 15) is 4.79 Å². The first-order valence-electron chi connectivity index (χ1n) is 8.79. The highest BCUT2D eigenvalue weighted by Gasteiger charge is 2.31. The number of carbonyl (C=O) groups excluding carboxylic acids is 1. The second-order valence-electron chi connectivity index (χ2n) is 6.79. The third kappa shape index (κ3) is 5.39. The van der Waals surface area contributed by atoms with Gasteiger partial charge in [-0.15, -0.1) is 12.4 Å². The lowest BCUT2D eigenvalue weighted by atomic mass is 9.88. The molecule has 22 heavy (non-hydrogen) atoms. The molecule has 0 aromatic carbocycles. The molecule has 0 aromatic rings. The Bertz CT molecular complexity index is 337. The van der Waals surface area contributed by atoms with Crippen LogP contribution in [0.1, 0.15) is 59.3 Å². The summed E-state index contributed by atoms with van der Waals surface area (Å²) in [6.07, 6.45) is 6.52. The molecule has 4 nitrogen and oxygen atoms in total. The molecule has 2 N–H and O–H groups in total. The molecule has 0 spiro atoms. The Labute approximate surface area is 141 Å². The number of halogens is 1. The van der Waals surface area contributed by atoms with Gasteiger partial charge in [-0.2, -0.15) is 0 Å². The molecular formula is C17H33ClN2O2. The third-order valence-corrected chi connectivity index (χ3v) is 5.23. The van der Waals surface area contributed by atoms with E-state index in [4.69, 9.17) is 4.74 Å². The van der Waals surface area contributed by atoms with E-state index in [-0.39, 0.29) is 24.2 Å². The number of hydrogen-bond acceptors (Lipinski definition) is 3. The summed E-state index contributed by atoms with van der Waals surface area (Å²) in [6, 6.07) is 0.767. The Hall–Kier alpha value is -0.320. The molecule has 2 heterocycles. The molecule has 2 rings (SSSR count). The van der Waals surface area contributed by atoms with Crippen LogP contribution >= 0.6 is 12.4 Å². The van der Waals surface area contributed by atoms with Crippen molar-refractivity contribution in [2.75, 3.05) is 13.2 Å². The average molecular weight is 333 g/mol. The fourth-order valence-corrected chi connectivity index (χ4v) is 3.79. The molecule has 1 amide bonds. The van der Waals surface area contributed by atoms with Crippen LogP contribution < -0.4 is 10.6 Å². The van der Waals surface area contributed by atoms with Crippen molar-refractivity contribution in [3.8, 4) is 0 Å². The van der Waals surface area contributed by atoms with Crippen LogP contribution in [0.5, 0.6) is 0 Å². The fraction of sp³-hybridized carbons (Fsp3) is 0.941. The van der Waals surface area contributed by atoms with Gasteiger partial charge in [-0.1, -0.05) is 26.7 Å². The van der Waals surface area contributed by atoms with E-state index in [0.29, 0.717) is 24.1 Å². The van der Waals surface area contributed by atoms with Gasteiger partial charge >= 0.3 is 0 Å². The van der Waals surface area contributed by atoms with E-state index >= 15 is 0 Å².